The summed E-state index contributed by atoms with van der Waals surface area (Å²) >= 11 is 0. The number of pyridine rings is 1. The highest BCUT2D eigenvalue weighted by atomic mass is 32.2. The van der Waals surface area contributed by atoms with Gasteiger partial charge in [0.15, 0.2) is 0 Å². The molecule has 10 nitrogen and oxygen atoms in total. The molecule has 0 atom stereocenters. The van der Waals surface area contributed by atoms with E-state index in [2.05, 4.69) is 32.7 Å². The summed E-state index contributed by atoms with van der Waals surface area (Å²) in [7, 11) is -1.85. The number of anilines is 5. The van der Waals surface area contributed by atoms with Gasteiger partial charge in [0.25, 0.3) is 0 Å². The maximum absolute atomic E-state index is 11.9. The molecule has 0 bridgehead atoms. The van der Waals surface area contributed by atoms with E-state index in [4.69, 9.17) is 10.5 Å². The van der Waals surface area contributed by atoms with Crippen LogP contribution in [0.5, 0.6) is 0 Å². The number of amides is 1. The first-order valence-electron chi connectivity index (χ1n) is 11.9. The number of carbonyl (C=O) groups is 1. The molecule has 3 aromatic rings. The predicted octanol–water partition coefficient (Wildman–Crippen LogP) is 2.70. The number of rotatable bonds is 10. The quantitative estimate of drug-likeness (QED) is 0.369. The Hall–Kier alpha value is -3.83. The number of carbonyl (C=O) groups excluding carboxylic acids is 1. The Kier molecular flexibility index (Phi) is 8.14. The Morgan fingerprint density at radius 1 is 1.14 bits per heavy atom. The molecule has 0 saturated carbocycles. The maximum atomic E-state index is 11.9. The molecule has 2 aromatic carbocycles. The largest absolute Gasteiger partial charge is 0.381 e. The summed E-state index contributed by atoms with van der Waals surface area (Å²) in [5.74, 6) is 0.154. The van der Waals surface area contributed by atoms with Crippen LogP contribution in [-0.2, 0) is 32.5 Å². The third kappa shape index (κ3) is 7.11. The Bertz CT molecular complexity index is 1340. The van der Waals surface area contributed by atoms with E-state index in [1.165, 1.54) is 11.4 Å². The first kappa shape index (κ1) is 26.2. The van der Waals surface area contributed by atoms with Gasteiger partial charge >= 0.3 is 0 Å². The number of benzene rings is 2. The lowest BCUT2D eigenvalue weighted by atomic mass is 10.1. The van der Waals surface area contributed by atoms with E-state index in [1.54, 1.807) is 24.4 Å². The number of hydrogen-bond donors (Lipinski definition) is 3. The number of ether oxygens (including phenoxy) is 1. The zero-order valence-electron chi connectivity index (χ0n) is 21.0. The average Bonchev–Trinajstić information content (AvgIpc) is 2.88. The van der Waals surface area contributed by atoms with E-state index in [9.17, 15) is 13.2 Å². The van der Waals surface area contributed by atoms with Gasteiger partial charge < -0.3 is 26.0 Å². The van der Waals surface area contributed by atoms with Gasteiger partial charge in [-0.3, -0.25) is 9.10 Å². The number of morpholine rings is 1. The standard InChI is InChI=1S/C26H32N6O4S/c1-31(37(2,34)35)23-5-3-4-19(14-23)17-28-24-16-26(29-18-20(24)15-25(27)33)30-21-6-8-22(9-7-21)32-10-12-36-13-11-32/h3-9,14,16,18H,10-13,15,17H2,1-2H3,(H2,27,33)(H2,28,29,30). The molecular weight excluding hydrogens is 492 g/mol. The summed E-state index contributed by atoms with van der Waals surface area (Å²) < 4.78 is 30.5. The van der Waals surface area contributed by atoms with E-state index >= 15 is 0 Å². The Labute approximate surface area is 217 Å². The van der Waals surface area contributed by atoms with Crippen molar-refractivity contribution in [1.29, 1.82) is 0 Å². The van der Waals surface area contributed by atoms with Crippen molar-refractivity contribution < 1.29 is 17.9 Å². The fourth-order valence-corrected chi connectivity index (χ4v) is 4.52. The molecule has 196 valence electrons. The monoisotopic (exact) mass is 524 g/mol. The van der Waals surface area contributed by atoms with E-state index in [0.717, 1.165) is 49.5 Å². The second-order valence-electron chi connectivity index (χ2n) is 8.90. The molecule has 4 rings (SSSR count). The van der Waals surface area contributed by atoms with E-state index in [-0.39, 0.29) is 6.42 Å². The summed E-state index contributed by atoms with van der Waals surface area (Å²) in [5.41, 5.74) is 10.3. The van der Waals surface area contributed by atoms with Crippen molar-refractivity contribution in [3.8, 4) is 0 Å². The molecule has 1 saturated heterocycles. The highest BCUT2D eigenvalue weighted by molar-refractivity contribution is 7.92. The lowest BCUT2D eigenvalue weighted by Crippen LogP contribution is -2.36. The van der Waals surface area contributed by atoms with Crippen molar-refractivity contribution in [3.63, 3.8) is 0 Å². The lowest BCUT2D eigenvalue weighted by Gasteiger charge is -2.28. The van der Waals surface area contributed by atoms with Crippen LogP contribution in [0.3, 0.4) is 0 Å². The number of primary amides is 1. The van der Waals surface area contributed by atoms with E-state index < -0.39 is 15.9 Å². The Morgan fingerprint density at radius 2 is 1.86 bits per heavy atom. The number of sulfonamides is 1. The number of aromatic nitrogens is 1. The van der Waals surface area contributed by atoms with Crippen LogP contribution in [0.25, 0.3) is 0 Å². The molecule has 37 heavy (non-hydrogen) atoms. The van der Waals surface area contributed by atoms with Crippen molar-refractivity contribution in [2.75, 3.05) is 59.4 Å². The molecule has 1 aliphatic heterocycles. The highest BCUT2D eigenvalue weighted by Crippen LogP contribution is 2.25. The third-order valence-corrected chi connectivity index (χ3v) is 7.33. The van der Waals surface area contributed by atoms with Gasteiger partial charge in [-0.25, -0.2) is 13.4 Å². The zero-order chi connectivity index (χ0) is 26.4. The summed E-state index contributed by atoms with van der Waals surface area (Å²) in [4.78, 5) is 18.4. The molecule has 0 radical (unpaired) electrons. The number of nitrogens with two attached hydrogens (primary N) is 1. The van der Waals surface area contributed by atoms with Gasteiger partial charge in [0, 0.05) is 61.6 Å². The van der Waals surface area contributed by atoms with Crippen molar-refractivity contribution >= 4 is 44.5 Å². The molecule has 4 N–H and O–H groups in total. The normalized spacial score (nSPS) is 13.7. The minimum Gasteiger partial charge on any atom is -0.381 e. The molecule has 0 spiro atoms. The molecule has 1 aliphatic rings. The van der Waals surface area contributed by atoms with Crippen molar-refractivity contribution in [2.45, 2.75) is 13.0 Å². The van der Waals surface area contributed by atoms with Gasteiger partial charge in [-0.05, 0) is 42.0 Å². The molecule has 11 heteroatoms. The summed E-state index contributed by atoms with van der Waals surface area (Å²) in [6, 6.07) is 17.2. The zero-order valence-corrected chi connectivity index (χ0v) is 21.8. The maximum Gasteiger partial charge on any atom is 0.231 e. The fourth-order valence-electron chi connectivity index (χ4n) is 4.02. The highest BCUT2D eigenvalue weighted by Gasteiger charge is 2.14. The summed E-state index contributed by atoms with van der Waals surface area (Å²) in [6.07, 6.45) is 2.84. The SMILES string of the molecule is CN(c1cccc(CNc2cc(Nc3ccc(N4CCOCC4)cc3)ncc2CC(N)=O)c1)S(C)(=O)=O. The van der Waals surface area contributed by atoms with Gasteiger partial charge in [0.1, 0.15) is 5.82 Å². The van der Waals surface area contributed by atoms with Crippen LogP contribution >= 0.6 is 0 Å². The minimum absolute atomic E-state index is 0.0424. The van der Waals surface area contributed by atoms with Crippen LogP contribution in [0.4, 0.5) is 28.6 Å². The van der Waals surface area contributed by atoms with Crippen LogP contribution in [0.1, 0.15) is 11.1 Å². The second kappa shape index (κ2) is 11.5. The summed E-state index contributed by atoms with van der Waals surface area (Å²) in [6.45, 7) is 3.62. The third-order valence-electron chi connectivity index (χ3n) is 6.12. The van der Waals surface area contributed by atoms with E-state index in [1.807, 2.05) is 24.3 Å². The van der Waals surface area contributed by atoms with Crippen molar-refractivity contribution in [3.05, 3.63) is 71.9 Å². The number of hydrogen-bond acceptors (Lipinski definition) is 8. The van der Waals surface area contributed by atoms with Crippen molar-refractivity contribution in [1.82, 2.24) is 4.98 Å². The van der Waals surface area contributed by atoms with Gasteiger partial charge in [-0.1, -0.05) is 12.1 Å². The smallest absolute Gasteiger partial charge is 0.231 e. The fraction of sp³-hybridized carbons (Fsp3) is 0.308. The van der Waals surface area contributed by atoms with Gasteiger partial charge in [0.2, 0.25) is 15.9 Å². The van der Waals surface area contributed by atoms with Crippen LogP contribution in [0.2, 0.25) is 0 Å². The minimum atomic E-state index is -3.37. The first-order valence-corrected chi connectivity index (χ1v) is 13.8. The van der Waals surface area contributed by atoms with Crippen LogP contribution < -0.4 is 25.6 Å². The van der Waals surface area contributed by atoms with Crippen LogP contribution in [0.15, 0.2) is 60.8 Å². The molecular formula is C26H32N6O4S. The number of nitrogens with zero attached hydrogens (tertiary/aromatic N) is 3. The first-order chi connectivity index (χ1) is 17.7. The van der Waals surface area contributed by atoms with Crippen molar-refractivity contribution in [2.24, 2.45) is 5.73 Å². The molecule has 1 aromatic heterocycles. The van der Waals surface area contributed by atoms with Gasteiger partial charge in [-0.15, -0.1) is 0 Å². The van der Waals surface area contributed by atoms with Crippen LogP contribution in [-0.4, -0.2) is 58.9 Å². The number of nitrogens with one attached hydrogen (secondary N) is 2. The topological polar surface area (TPSA) is 130 Å². The Morgan fingerprint density at radius 3 is 2.54 bits per heavy atom. The molecule has 2 heterocycles. The van der Waals surface area contributed by atoms with Crippen LogP contribution in [0, 0.1) is 0 Å². The molecule has 0 aliphatic carbocycles. The molecule has 1 fully saturated rings. The van der Waals surface area contributed by atoms with Gasteiger partial charge in [0.05, 0.1) is 31.6 Å². The Balaban J connectivity index is 1.49. The lowest BCUT2D eigenvalue weighted by molar-refractivity contribution is -0.117. The second-order valence-corrected chi connectivity index (χ2v) is 10.9. The average molecular weight is 525 g/mol. The molecule has 1 amide bonds. The predicted molar refractivity (Wildman–Crippen MR) is 147 cm³/mol. The van der Waals surface area contributed by atoms with Gasteiger partial charge in [-0.2, -0.15) is 0 Å². The van der Waals surface area contributed by atoms with E-state index in [0.29, 0.717) is 29.3 Å². The summed E-state index contributed by atoms with van der Waals surface area (Å²) in [5, 5.41) is 6.65. The molecule has 0 unspecified atom stereocenters.